The fraction of sp³-hybridized carbons (Fsp3) is 0.667. The Hall–Kier alpha value is -1.04. The lowest BCUT2D eigenvalue weighted by Gasteiger charge is -1.98. The Morgan fingerprint density at radius 3 is 1.38 bits per heavy atom. The van der Waals surface area contributed by atoms with Crippen LogP contribution in [0.3, 0.4) is 0 Å². The van der Waals surface area contributed by atoms with E-state index in [1.165, 1.54) is 89.9 Å². The average molecular weight is 331 g/mol. The van der Waals surface area contributed by atoms with E-state index in [0.29, 0.717) is 0 Å². The summed E-state index contributed by atoms with van der Waals surface area (Å²) in [6, 6.07) is 0. The zero-order chi connectivity index (χ0) is 17.6. The number of hydrogen-bond acceptors (Lipinski definition) is 0. The molecule has 0 heteroatoms. The van der Waals surface area contributed by atoms with Crippen LogP contribution < -0.4 is 0 Å². The molecule has 0 aliphatic carbocycles. The highest BCUT2D eigenvalue weighted by molar-refractivity contribution is 5.10. The van der Waals surface area contributed by atoms with Crippen molar-refractivity contribution in [3.05, 3.63) is 48.6 Å². The predicted octanol–water partition coefficient (Wildman–Crippen LogP) is 8.71. The molecule has 24 heavy (non-hydrogen) atoms. The molecule has 0 saturated carbocycles. The summed E-state index contributed by atoms with van der Waals surface area (Å²) in [7, 11) is 0. The van der Waals surface area contributed by atoms with Crippen LogP contribution in [0.4, 0.5) is 0 Å². The first kappa shape index (κ1) is 23.0. The molecule has 0 unspecified atom stereocenters. The Balaban J connectivity index is 3.28. The van der Waals surface area contributed by atoms with Crippen molar-refractivity contribution < 1.29 is 0 Å². The zero-order valence-corrected chi connectivity index (χ0v) is 16.5. The van der Waals surface area contributed by atoms with Crippen molar-refractivity contribution in [1.29, 1.82) is 0 Å². The highest BCUT2D eigenvalue weighted by Crippen LogP contribution is 2.08. The van der Waals surface area contributed by atoms with E-state index in [-0.39, 0.29) is 0 Å². The van der Waals surface area contributed by atoms with Crippen molar-refractivity contribution in [3.63, 3.8) is 0 Å². The lowest BCUT2D eigenvalue weighted by atomic mass is 10.1. The fourth-order valence-electron chi connectivity index (χ4n) is 2.62. The van der Waals surface area contributed by atoms with Crippen molar-refractivity contribution >= 4 is 0 Å². The standard InChI is InChI=1S/C24H42/c1-3-5-7-9-11-13-15-17-19-21-23-24-22-20-18-16-14-12-10-8-6-4-2/h7,9,14,16,18,20,22,24H,3-6,8,10-13,15,17,19,21,23H2,1-2H3/b9-7+,16-14+,20-18+,24-22+. The summed E-state index contributed by atoms with van der Waals surface area (Å²) in [5.74, 6) is 0. The fourth-order valence-corrected chi connectivity index (χ4v) is 2.62. The molecule has 0 N–H and O–H groups in total. The van der Waals surface area contributed by atoms with Crippen LogP contribution in [0.2, 0.25) is 0 Å². The lowest BCUT2D eigenvalue weighted by molar-refractivity contribution is 0.621. The van der Waals surface area contributed by atoms with E-state index in [4.69, 9.17) is 0 Å². The second-order valence-corrected chi connectivity index (χ2v) is 6.70. The van der Waals surface area contributed by atoms with Crippen molar-refractivity contribution in [2.24, 2.45) is 0 Å². The molecular formula is C24H42. The van der Waals surface area contributed by atoms with E-state index < -0.39 is 0 Å². The molecule has 0 aromatic heterocycles. The number of allylic oxidation sites excluding steroid dienone is 8. The minimum atomic E-state index is 1.22. The van der Waals surface area contributed by atoms with E-state index in [2.05, 4.69) is 62.5 Å². The monoisotopic (exact) mass is 330 g/mol. The summed E-state index contributed by atoms with van der Waals surface area (Å²) in [5.41, 5.74) is 0. The van der Waals surface area contributed by atoms with Crippen molar-refractivity contribution in [2.75, 3.05) is 0 Å². The molecule has 138 valence electrons. The van der Waals surface area contributed by atoms with Gasteiger partial charge < -0.3 is 0 Å². The number of rotatable bonds is 17. The van der Waals surface area contributed by atoms with Crippen LogP contribution in [-0.2, 0) is 0 Å². The first-order chi connectivity index (χ1) is 11.9. The Bertz CT molecular complexity index is 330. The van der Waals surface area contributed by atoms with Gasteiger partial charge in [-0.05, 0) is 44.9 Å². The minimum Gasteiger partial charge on any atom is -0.0885 e. The van der Waals surface area contributed by atoms with E-state index in [9.17, 15) is 0 Å². The minimum absolute atomic E-state index is 1.22. The molecule has 0 aliphatic heterocycles. The van der Waals surface area contributed by atoms with Crippen LogP contribution in [0.25, 0.3) is 0 Å². The summed E-state index contributed by atoms with van der Waals surface area (Å²) in [6.45, 7) is 4.50. The van der Waals surface area contributed by atoms with E-state index in [0.717, 1.165) is 0 Å². The second kappa shape index (κ2) is 22.0. The van der Waals surface area contributed by atoms with Crippen molar-refractivity contribution in [1.82, 2.24) is 0 Å². The molecular weight excluding hydrogens is 288 g/mol. The van der Waals surface area contributed by atoms with Gasteiger partial charge in [0.2, 0.25) is 0 Å². The Kier molecular flexibility index (Phi) is 21.0. The largest absolute Gasteiger partial charge is 0.0885 e. The highest BCUT2D eigenvalue weighted by atomic mass is 13.9. The van der Waals surface area contributed by atoms with Crippen molar-refractivity contribution in [2.45, 2.75) is 104 Å². The van der Waals surface area contributed by atoms with Gasteiger partial charge in [-0.1, -0.05) is 107 Å². The lowest BCUT2D eigenvalue weighted by Crippen LogP contribution is -1.78. The summed E-state index contributed by atoms with van der Waals surface area (Å²) in [6.07, 6.45) is 36.5. The molecule has 0 radical (unpaired) electrons. The molecule has 0 fully saturated rings. The van der Waals surface area contributed by atoms with Gasteiger partial charge in [-0.3, -0.25) is 0 Å². The molecule has 0 nitrogen and oxygen atoms in total. The van der Waals surface area contributed by atoms with Gasteiger partial charge in [0.25, 0.3) is 0 Å². The Labute approximate surface area is 152 Å². The molecule has 0 bridgehead atoms. The Morgan fingerprint density at radius 1 is 0.375 bits per heavy atom. The van der Waals surface area contributed by atoms with Gasteiger partial charge in [0.1, 0.15) is 0 Å². The number of unbranched alkanes of at least 4 members (excludes halogenated alkanes) is 11. The first-order valence-corrected chi connectivity index (χ1v) is 10.5. The highest BCUT2D eigenvalue weighted by Gasteiger charge is 1.88. The zero-order valence-electron chi connectivity index (χ0n) is 16.5. The quantitative estimate of drug-likeness (QED) is 0.142. The first-order valence-electron chi connectivity index (χ1n) is 10.5. The van der Waals surface area contributed by atoms with Gasteiger partial charge in [-0.15, -0.1) is 0 Å². The van der Waals surface area contributed by atoms with E-state index in [1.807, 2.05) is 0 Å². The molecule has 0 aromatic rings. The maximum absolute atomic E-state index is 2.36. The SMILES string of the molecule is CCC/C=C/CCCCCCC/C=C/C=C/C=C/CCCCCC. The summed E-state index contributed by atoms with van der Waals surface area (Å²) in [5, 5.41) is 0. The Morgan fingerprint density at radius 2 is 0.833 bits per heavy atom. The molecule has 0 spiro atoms. The molecule has 0 atom stereocenters. The molecule has 0 heterocycles. The smallest absolute Gasteiger partial charge is 0.0348 e. The summed E-state index contributed by atoms with van der Waals surface area (Å²) >= 11 is 0. The maximum atomic E-state index is 2.36. The maximum Gasteiger partial charge on any atom is -0.0348 e. The third kappa shape index (κ3) is 21.0. The molecule has 0 aliphatic rings. The molecule has 0 saturated heterocycles. The van der Waals surface area contributed by atoms with Crippen LogP contribution in [0.15, 0.2) is 48.6 Å². The van der Waals surface area contributed by atoms with Crippen LogP contribution in [0.5, 0.6) is 0 Å². The van der Waals surface area contributed by atoms with E-state index >= 15 is 0 Å². The number of hydrogen-bond donors (Lipinski definition) is 0. The molecule has 0 rings (SSSR count). The van der Waals surface area contributed by atoms with Gasteiger partial charge in [0.15, 0.2) is 0 Å². The van der Waals surface area contributed by atoms with Gasteiger partial charge in [-0.25, -0.2) is 0 Å². The molecule has 0 amide bonds. The van der Waals surface area contributed by atoms with Gasteiger partial charge in [0, 0.05) is 0 Å². The molecule has 0 aromatic carbocycles. The van der Waals surface area contributed by atoms with Crippen LogP contribution >= 0.6 is 0 Å². The van der Waals surface area contributed by atoms with E-state index in [1.54, 1.807) is 0 Å². The summed E-state index contributed by atoms with van der Waals surface area (Å²) < 4.78 is 0. The topological polar surface area (TPSA) is 0 Å². The van der Waals surface area contributed by atoms with Crippen LogP contribution in [0, 0.1) is 0 Å². The summed E-state index contributed by atoms with van der Waals surface area (Å²) in [4.78, 5) is 0. The predicted molar refractivity (Wildman–Crippen MR) is 113 cm³/mol. The average Bonchev–Trinajstić information content (AvgIpc) is 2.60. The van der Waals surface area contributed by atoms with Crippen LogP contribution in [0.1, 0.15) is 104 Å². The third-order valence-electron chi connectivity index (χ3n) is 4.19. The van der Waals surface area contributed by atoms with Crippen molar-refractivity contribution in [3.8, 4) is 0 Å². The normalized spacial score (nSPS) is 12.6. The van der Waals surface area contributed by atoms with Gasteiger partial charge in [-0.2, -0.15) is 0 Å². The van der Waals surface area contributed by atoms with Crippen LogP contribution in [-0.4, -0.2) is 0 Å². The van der Waals surface area contributed by atoms with Gasteiger partial charge >= 0.3 is 0 Å². The van der Waals surface area contributed by atoms with Gasteiger partial charge in [0.05, 0.1) is 0 Å². The third-order valence-corrected chi connectivity index (χ3v) is 4.19. The second-order valence-electron chi connectivity index (χ2n) is 6.70.